The second-order valence-electron chi connectivity index (χ2n) is 6.85. The number of carbonyl (C=O) groups is 1. The zero-order valence-electron chi connectivity index (χ0n) is 16.8. The molecular formula is C22H23N5OS. The van der Waals surface area contributed by atoms with Crippen LogP contribution in [0, 0.1) is 6.92 Å². The van der Waals surface area contributed by atoms with Crippen LogP contribution in [-0.2, 0) is 19.5 Å². The number of aryl methyl sites for hydroxylation is 3. The van der Waals surface area contributed by atoms with Gasteiger partial charge in [-0.25, -0.2) is 4.98 Å². The van der Waals surface area contributed by atoms with Crippen molar-refractivity contribution in [3.8, 4) is 0 Å². The van der Waals surface area contributed by atoms with Crippen LogP contribution < -0.4 is 4.90 Å². The molecule has 148 valence electrons. The minimum Gasteiger partial charge on any atom is -0.277 e. The highest BCUT2D eigenvalue weighted by Crippen LogP contribution is 2.31. The van der Waals surface area contributed by atoms with Gasteiger partial charge in [-0.05, 0) is 56.2 Å². The van der Waals surface area contributed by atoms with E-state index in [4.69, 9.17) is 4.98 Å². The Hall–Kier alpha value is -3.06. The topological polar surface area (TPSA) is 63.9 Å². The van der Waals surface area contributed by atoms with E-state index in [1.807, 2.05) is 44.2 Å². The fourth-order valence-corrected chi connectivity index (χ4v) is 4.30. The normalized spacial score (nSPS) is 11.1. The summed E-state index contributed by atoms with van der Waals surface area (Å²) in [5.74, 6) is -0.118. The van der Waals surface area contributed by atoms with Crippen molar-refractivity contribution < 1.29 is 4.79 Å². The third kappa shape index (κ3) is 3.91. The maximum Gasteiger partial charge on any atom is 0.278 e. The van der Waals surface area contributed by atoms with Gasteiger partial charge in [-0.2, -0.15) is 5.10 Å². The number of aromatic nitrogens is 4. The number of anilines is 1. The maximum absolute atomic E-state index is 13.5. The summed E-state index contributed by atoms with van der Waals surface area (Å²) in [6, 6.07) is 13.8. The number of thiazole rings is 1. The number of hydrogen-bond donors (Lipinski definition) is 0. The van der Waals surface area contributed by atoms with E-state index in [2.05, 4.69) is 29.1 Å². The molecule has 3 aromatic heterocycles. The monoisotopic (exact) mass is 405 g/mol. The quantitative estimate of drug-likeness (QED) is 0.469. The molecule has 0 saturated heterocycles. The minimum absolute atomic E-state index is 0.118. The number of pyridine rings is 1. The number of amides is 1. The van der Waals surface area contributed by atoms with Gasteiger partial charge in [0.15, 0.2) is 5.13 Å². The van der Waals surface area contributed by atoms with Crippen molar-refractivity contribution in [1.29, 1.82) is 0 Å². The Morgan fingerprint density at radius 3 is 2.76 bits per heavy atom. The molecule has 1 amide bonds. The minimum atomic E-state index is -0.118. The van der Waals surface area contributed by atoms with Crippen LogP contribution in [0.25, 0.3) is 10.2 Å². The van der Waals surface area contributed by atoms with Gasteiger partial charge in [0.05, 0.1) is 28.1 Å². The molecule has 0 unspecified atom stereocenters. The smallest absolute Gasteiger partial charge is 0.277 e. The molecule has 0 N–H and O–H groups in total. The lowest BCUT2D eigenvalue weighted by Gasteiger charge is -2.19. The molecule has 4 rings (SSSR count). The Labute approximate surface area is 173 Å². The highest BCUT2D eigenvalue weighted by Gasteiger charge is 2.25. The van der Waals surface area contributed by atoms with Gasteiger partial charge < -0.3 is 0 Å². The van der Waals surface area contributed by atoms with E-state index in [9.17, 15) is 4.79 Å². The summed E-state index contributed by atoms with van der Waals surface area (Å²) in [4.78, 5) is 24.4. The molecule has 0 spiro atoms. The van der Waals surface area contributed by atoms with Crippen molar-refractivity contribution in [2.75, 3.05) is 4.90 Å². The van der Waals surface area contributed by atoms with Crippen LogP contribution in [0.5, 0.6) is 0 Å². The maximum atomic E-state index is 13.5. The van der Waals surface area contributed by atoms with Gasteiger partial charge in [0, 0.05) is 12.7 Å². The first-order chi connectivity index (χ1) is 14.1. The van der Waals surface area contributed by atoms with E-state index in [0.29, 0.717) is 23.9 Å². The fraction of sp³-hybridized carbons (Fsp3) is 0.273. The molecule has 7 heteroatoms. The van der Waals surface area contributed by atoms with Crippen LogP contribution in [0.2, 0.25) is 0 Å². The average Bonchev–Trinajstić information content (AvgIpc) is 3.34. The SMILES string of the molecule is CCc1ccc2nc(N(Cc3ccccn3)C(=O)c3cc(C)nn3CC)sc2c1. The summed E-state index contributed by atoms with van der Waals surface area (Å²) < 4.78 is 2.82. The first-order valence-corrected chi connectivity index (χ1v) is 10.6. The molecule has 0 fully saturated rings. The van der Waals surface area contributed by atoms with Gasteiger partial charge >= 0.3 is 0 Å². The predicted molar refractivity (Wildman–Crippen MR) is 116 cm³/mol. The lowest BCUT2D eigenvalue weighted by atomic mass is 10.2. The van der Waals surface area contributed by atoms with Gasteiger partial charge in [-0.3, -0.25) is 19.4 Å². The second-order valence-corrected chi connectivity index (χ2v) is 7.86. The van der Waals surface area contributed by atoms with Gasteiger partial charge in [0.25, 0.3) is 5.91 Å². The molecule has 1 aromatic carbocycles. The number of rotatable bonds is 6. The molecule has 0 aliphatic rings. The van der Waals surface area contributed by atoms with Crippen LogP contribution >= 0.6 is 11.3 Å². The van der Waals surface area contributed by atoms with E-state index < -0.39 is 0 Å². The molecule has 0 radical (unpaired) electrons. The van der Waals surface area contributed by atoms with Gasteiger partial charge in [0.1, 0.15) is 5.69 Å². The van der Waals surface area contributed by atoms with Crippen molar-refractivity contribution in [2.45, 2.75) is 40.3 Å². The number of fused-ring (bicyclic) bond motifs is 1. The Bertz CT molecular complexity index is 1150. The van der Waals surface area contributed by atoms with Crippen molar-refractivity contribution in [3.63, 3.8) is 0 Å². The highest BCUT2D eigenvalue weighted by atomic mass is 32.1. The van der Waals surface area contributed by atoms with E-state index in [1.54, 1.807) is 15.8 Å². The van der Waals surface area contributed by atoms with Crippen molar-refractivity contribution in [1.82, 2.24) is 19.7 Å². The van der Waals surface area contributed by atoms with E-state index in [1.165, 1.54) is 16.9 Å². The standard InChI is InChI=1S/C22H23N5OS/c1-4-16-9-10-18-20(13-16)29-22(24-18)26(14-17-8-6-7-11-23-17)21(28)19-12-15(3)25-27(19)5-2/h6-13H,4-5,14H2,1-3H3. The molecule has 4 aromatic rings. The lowest BCUT2D eigenvalue weighted by Crippen LogP contribution is -2.32. The molecule has 0 atom stereocenters. The summed E-state index contributed by atoms with van der Waals surface area (Å²) in [6.45, 7) is 7.00. The zero-order valence-corrected chi connectivity index (χ0v) is 17.6. The van der Waals surface area contributed by atoms with Crippen LogP contribution in [0.4, 0.5) is 5.13 Å². The summed E-state index contributed by atoms with van der Waals surface area (Å²) in [5, 5.41) is 5.11. The van der Waals surface area contributed by atoms with Crippen LogP contribution in [0.3, 0.4) is 0 Å². The summed E-state index contributed by atoms with van der Waals surface area (Å²) in [7, 11) is 0. The molecule has 29 heavy (non-hydrogen) atoms. The fourth-order valence-electron chi connectivity index (χ4n) is 3.27. The molecule has 0 saturated carbocycles. The van der Waals surface area contributed by atoms with Crippen LogP contribution in [0.1, 0.15) is 41.3 Å². The zero-order chi connectivity index (χ0) is 20.4. The van der Waals surface area contributed by atoms with E-state index in [0.717, 1.165) is 28.0 Å². The Morgan fingerprint density at radius 1 is 1.17 bits per heavy atom. The molecular weight excluding hydrogens is 382 g/mol. The lowest BCUT2D eigenvalue weighted by molar-refractivity contribution is 0.0974. The van der Waals surface area contributed by atoms with Crippen molar-refractivity contribution in [3.05, 3.63) is 71.3 Å². The largest absolute Gasteiger partial charge is 0.278 e. The first-order valence-electron chi connectivity index (χ1n) is 9.74. The average molecular weight is 406 g/mol. The first kappa shape index (κ1) is 19.3. The Balaban J connectivity index is 1.78. The van der Waals surface area contributed by atoms with Crippen molar-refractivity contribution >= 4 is 32.6 Å². The summed E-state index contributed by atoms with van der Waals surface area (Å²) in [5.41, 5.74) is 4.36. The second kappa shape index (κ2) is 8.13. The van der Waals surface area contributed by atoms with Crippen LogP contribution in [0.15, 0.2) is 48.7 Å². The number of nitrogens with zero attached hydrogens (tertiary/aromatic N) is 5. The molecule has 0 aliphatic carbocycles. The highest BCUT2D eigenvalue weighted by molar-refractivity contribution is 7.22. The Morgan fingerprint density at radius 2 is 2.03 bits per heavy atom. The van der Waals surface area contributed by atoms with Crippen LogP contribution in [-0.4, -0.2) is 25.7 Å². The molecule has 0 bridgehead atoms. The molecule has 6 nitrogen and oxygen atoms in total. The molecule has 3 heterocycles. The van der Waals surface area contributed by atoms with Gasteiger partial charge in [-0.1, -0.05) is 30.4 Å². The summed E-state index contributed by atoms with van der Waals surface area (Å²) in [6.07, 6.45) is 2.71. The third-order valence-corrected chi connectivity index (χ3v) is 5.83. The number of hydrogen-bond acceptors (Lipinski definition) is 5. The van der Waals surface area contributed by atoms with Gasteiger partial charge in [-0.15, -0.1) is 0 Å². The van der Waals surface area contributed by atoms with Crippen molar-refractivity contribution in [2.24, 2.45) is 0 Å². The number of benzene rings is 1. The summed E-state index contributed by atoms with van der Waals surface area (Å²) >= 11 is 1.53. The van der Waals surface area contributed by atoms with Gasteiger partial charge in [0.2, 0.25) is 0 Å². The number of carbonyl (C=O) groups excluding carboxylic acids is 1. The van der Waals surface area contributed by atoms with E-state index in [-0.39, 0.29) is 5.91 Å². The van der Waals surface area contributed by atoms with E-state index >= 15 is 0 Å². The Kier molecular flexibility index (Phi) is 5.40. The third-order valence-electron chi connectivity index (χ3n) is 4.79. The predicted octanol–water partition coefficient (Wildman–Crippen LogP) is 4.63. The molecule has 0 aliphatic heterocycles.